The molecule has 4 rings (SSSR count). The van der Waals surface area contributed by atoms with Gasteiger partial charge in [0, 0.05) is 20.6 Å². The molecular formula is C24H20BrNO3S. The van der Waals surface area contributed by atoms with Gasteiger partial charge < -0.3 is 5.11 Å². The second-order valence-electron chi connectivity index (χ2n) is 7.41. The average molecular weight is 482 g/mol. The number of benzene rings is 2. The molecule has 152 valence electrons. The van der Waals surface area contributed by atoms with E-state index in [1.165, 1.54) is 16.2 Å². The fourth-order valence-electron chi connectivity index (χ4n) is 3.65. The molecule has 30 heavy (non-hydrogen) atoms. The summed E-state index contributed by atoms with van der Waals surface area (Å²) in [4.78, 5) is 28.7. The lowest BCUT2D eigenvalue weighted by atomic mass is 9.98. The number of aryl methyl sites for hydroxylation is 3. The van der Waals surface area contributed by atoms with Crippen molar-refractivity contribution in [2.24, 2.45) is 0 Å². The minimum absolute atomic E-state index is 0.117. The zero-order chi connectivity index (χ0) is 21.6. The lowest BCUT2D eigenvalue weighted by molar-refractivity contribution is -0.132. The highest BCUT2D eigenvalue weighted by Crippen LogP contribution is 2.45. The summed E-state index contributed by atoms with van der Waals surface area (Å²) in [6.07, 6.45) is 0. The van der Waals surface area contributed by atoms with Crippen molar-refractivity contribution in [2.45, 2.75) is 26.8 Å². The van der Waals surface area contributed by atoms with Crippen LogP contribution in [0.25, 0.3) is 5.76 Å². The van der Waals surface area contributed by atoms with Crippen LogP contribution >= 0.6 is 27.3 Å². The molecule has 3 aromatic rings. The van der Waals surface area contributed by atoms with Gasteiger partial charge in [0.05, 0.1) is 5.57 Å². The number of Topliss-reactive ketones (excluding diaryl/α,β-unsaturated/α-hetero) is 1. The Labute approximate surface area is 187 Å². The van der Waals surface area contributed by atoms with E-state index in [4.69, 9.17) is 0 Å². The second-order valence-corrected chi connectivity index (χ2v) is 9.28. The number of carbonyl (C=O) groups is 2. The highest BCUT2D eigenvalue weighted by Gasteiger charge is 2.47. The van der Waals surface area contributed by atoms with Crippen molar-refractivity contribution in [3.05, 3.63) is 91.1 Å². The number of amides is 1. The van der Waals surface area contributed by atoms with Gasteiger partial charge in [-0.1, -0.05) is 34.1 Å². The third-order valence-electron chi connectivity index (χ3n) is 5.48. The Kier molecular flexibility index (Phi) is 5.38. The number of carbonyl (C=O) groups excluding carboxylic acids is 2. The molecule has 1 atom stereocenters. The van der Waals surface area contributed by atoms with E-state index in [9.17, 15) is 14.7 Å². The van der Waals surface area contributed by atoms with Gasteiger partial charge in [0.1, 0.15) is 11.8 Å². The van der Waals surface area contributed by atoms with Gasteiger partial charge in [0.2, 0.25) is 0 Å². The minimum Gasteiger partial charge on any atom is -0.507 e. The zero-order valence-electron chi connectivity index (χ0n) is 16.8. The number of hydrogen-bond donors (Lipinski definition) is 1. The van der Waals surface area contributed by atoms with E-state index in [2.05, 4.69) is 15.9 Å². The van der Waals surface area contributed by atoms with Gasteiger partial charge in [-0.2, -0.15) is 0 Å². The van der Waals surface area contributed by atoms with Crippen molar-refractivity contribution in [3.63, 3.8) is 0 Å². The number of halogens is 1. The van der Waals surface area contributed by atoms with Crippen molar-refractivity contribution in [2.75, 3.05) is 4.90 Å². The summed E-state index contributed by atoms with van der Waals surface area (Å²) in [7, 11) is 0. The molecule has 0 radical (unpaired) electrons. The maximum Gasteiger partial charge on any atom is 0.300 e. The fraction of sp³-hybridized carbons (Fsp3) is 0.167. The van der Waals surface area contributed by atoms with Gasteiger partial charge in [-0.15, -0.1) is 11.3 Å². The van der Waals surface area contributed by atoms with Gasteiger partial charge in [0.15, 0.2) is 0 Å². The predicted octanol–water partition coefficient (Wildman–Crippen LogP) is 6.06. The smallest absolute Gasteiger partial charge is 0.300 e. The number of aliphatic hydroxyl groups is 1. The molecule has 2 heterocycles. The first-order chi connectivity index (χ1) is 14.3. The third-order valence-corrected chi connectivity index (χ3v) is 7.08. The number of nitrogens with zero attached hydrogens (tertiary/aromatic N) is 1. The largest absolute Gasteiger partial charge is 0.507 e. The van der Waals surface area contributed by atoms with Crippen molar-refractivity contribution in [3.8, 4) is 0 Å². The Hall–Kier alpha value is -2.70. The topological polar surface area (TPSA) is 57.6 Å². The molecule has 1 aliphatic rings. The molecule has 1 fully saturated rings. The van der Waals surface area contributed by atoms with Crippen molar-refractivity contribution in [1.29, 1.82) is 0 Å². The van der Waals surface area contributed by atoms with Crippen LogP contribution in [0.4, 0.5) is 5.69 Å². The van der Waals surface area contributed by atoms with Crippen LogP contribution < -0.4 is 4.90 Å². The van der Waals surface area contributed by atoms with Gasteiger partial charge in [-0.25, -0.2) is 0 Å². The standard InChI is InChI=1S/C24H20BrNO3S/c1-13-4-9-18(12-15(13)3)26-20(23-14(2)10-11-30-23)19(22(28)24(26)29)21(27)16-5-7-17(25)8-6-16/h4-12,20,27H,1-3H3/b21-19-. The highest BCUT2D eigenvalue weighted by atomic mass is 79.9. The molecule has 0 spiro atoms. The van der Waals surface area contributed by atoms with E-state index in [1.54, 1.807) is 24.3 Å². The van der Waals surface area contributed by atoms with Crippen molar-refractivity contribution >= 4 is 50.4 Å². The summed E-state index contributed by atoms with van der Waals surface area (Å²) < 4.78 is 0.861. The first kappa shape index (κ1) is 20.6. The summed E-state index contributed by atoms with van der Waals surface area (Å²) >= 11 is 4.86. The Morgan fingerprint density at radius 2 is 1.67 bits per heavy atom. The van der Waals surface area contributed by atoms with Crippen molar-refractivity contribution < 1.29 is 14.7 Å². The van der Waals surface area contributed by atoms with Gasteiger partial charge in [-0.05, 0) is 73.2 Å². The Morgan fingerprint density at radius 1 is 0.967 bits per heavy atom. The fourth-order valence-corrected chi connectivity index (χ4v) is 4.94. The maximum atomic E-state index is 13.1. The Bertz CT molecular complexity index is 1190. The normalized spacial score (nSPS) is 18.3. The number of thiophene rings is 1. The number of ketones is 1. The van der Waals surface area contributed by atoms with Gasteiger partial charge >= 0.3 is 0 Å². The van der Waals surface area contributed by atoms with Crippen LogP contribution in [0.15, 0.2) is 64.0 Å². The number of rotatable bonds is 3. The summed E-state index contributed by atoms with van der Waals surface area (Å²) in [6.45, 7) is 5.93. The van der Waals surface area contributed by atoms with E-state index < -0.39 is 17.7 Å². The third kappa shape index (κ3) is 3.40. The van der Waals surface area contributed by atoms with Crippen LogP contribution in [0.5, 0.6) is 0 Å². The van der Waals surface area contributed by atoms with Crippen LogP contribution in [0, 0.1) is 20.8 Å². The van der Waals surface area contributed by atoms with Crippen LogP contribution in [0.1, 0.15) is 33.2 Å². The lowest BCUT2D eigenvalue weighted by Gasteiger charge is -2.25. The van der Waals surface area contributed by atoms with E-state index in [0.29, 0.717) is 11.3 Å². The van der Waals surface area contributed by atoms with Crippen LogP contribution in [0.3, 0.4) is 0 Å². The lowest BCUT2D eigenvalue weighted by Crippen LogP contribution is -2.29. The first-order valence-electron chi connectivity index (χ1n) is 9.47. The quantitative estimate of drug-likeness (QED) is 0.280. The molecule has 1 saturated heterocycles. The van der Waals surface area contributed by atoms with E-state index in [1.807, 2.05) is 50.4 Å². The molecular weight excluding hydrogens is 462 g/mol. The molecule has 1 amide bonds. The minimum atomic E-state index is -0.675. The molecule has 6 heteroatoms. The SMILES string of the molecule is Cc1ccc(N2C(=O)C(=O)/C(=C(\O)c3ccc(Br)cc3)C2c2sccc2C)cc1C. The average Bonchev–Trinajstić information content (AvgIpc) is 3.25. The molecule has 0 aliphatic carbocycles. The van der Waals surface area contributed by atoms with Crippen molar-refractivity contribution in [1.82, 2.24) is 0 Å². The summed E-state index contributed by atoms with van der Waals surface area (Å²) in [6, 6.07) is 14.0. The van der Waals surface area contributed by atoms with Crippen LogP contribution in [-0.4, -0.2) is 16.8 Å². The number of aliphatic hydroxyl groups excluding tert-OH is 1. The summed E-state index contributed by atoms with van der Waals surface area (Å²) in [5, 5.41) is 13.0. The van der Waals surface area contributed by atoms with Gasteiger partial charge in [0.25, 0.3) is 11.7 Å². The second kappa shape index (κ2) is 7.85. The molecule has 2 aromatic carbocycles. The Morgan fingerprint density at radius 3 is 2.27 bits per heavy atom. The predicted molar refractivity (Wildman–Crippen MR) is 124 cm³/mol. The molecule has 4 nitrogen and oxygen atoms in total. The molecule has 1 unspecified atom stereocenters. The molecule has 0 bridgehead atoms. The zero-order valence-corrected chi connectivity index (χ0v) is 19.2. The number of anilines is 1. The number of hydrogen-bond acceptors (Lipinski definition) is 4. The van der Waals surface area contributed by atoms with Crippen LogP contribution in [0.2, 0.25) is 0 Å². The molecule has 1 N–H and O–H groups in total. The monoisotopic (exact) mass is 481 g/mol. The summed E-state index contributed by atoms with van der Waals surface area (Å²) in [5.41, 5.74) is 4.37. The van der Waals surface area contributed by atoms with E-state index >= 15 is 0 Å². The van der Waals surface area contributed by atoms with Gasteiger partial charge in [-0.3, -0.25) is 14.5 Å². The Balaban J connectivity index is 1.95. The molecule has 0 saturated carbocycles. The molecule has 1 aromatic heterocycles. The maximum absolute atomic E-state index is 13.1. The van der Waals surface area contributed by atoms with Crippen LogP contribution in [-0.2, 0) is 9.59 Å². The molecule has 1 aliphatic heterocycles. The summed E-state index contributed by atoms with van der Waals surface area (Å²) in [5.74, 6) is -1.47. The highest BCUT2D eigenvalue weighted by molar-refractivity contribution is 9.10. The van der Waals surface area contributed by atoms with E-state index in [0.717, 1.165) is 26.0 Å². The first-order valence-corrected chi connectivity index (χ1v) is 11.1. The van der Waals surface area contributed by atoms with E-state index in [-0.39, 0.29) is 11.3 Å².